The predicted octanol–water partition coefficient (Wildman–Crippen LogP) is 1.12. The summed E-state index contributed by atoms with van der Waals surface area (Å²) in [6.07, 6.45) is 2.65. The van der Waals surface area contributed by atoms with E-state index in [1.807, 2.05) is 6.92 Å². The molecule has 0 radical (unpaired) electrons. The first-order valence-electron chi connectivity index (χ1n) is 7.84. The van der Waals surface area contributed by atoms with Crippen LogP contribution in [0.4, 0.5) is 0 Å². The van der Waals surface area contributed by atoms with Gasteiger partial charge in [0.25, 0.3) is 0 Å². The number of nitrogens with one attached hydrogen (secondary N) is 1. The molecule has 0 aromatic rings. The van der Waals surface area contributed by atoms with Crippen LogP contribution in [0, 0.1) is 0 Å². The van der Waals surface area contributed by atoms with Crippen LogP contribution in [0.1, 0.15) is 47.0 Å². The molecular weight excluding hydrogens is 254 g/mol. The van der Waals surface area contributed by atoms with Crippen molar-refractivity contribution in [3.63, 3.8) is 0 Å². The Kier molecular flexibility index (Phi) is 6.92. The first-order valence-corrected chi connectivity index (χ1v) is 7.84. The van der Waals surface area contributed by atoms with Gasteiger partial charge in [-0.25, -0.2) is 0 Å². The van der Waals surface area contributed by atoms with E-state index in [0.717, 1.165) is 45.6 Å². The van der Waals surface area contributed by atoms with E-state index < -0.39 is 5.54 Å². The molecule has 1 fully saturated rings. The molecule has 0 aromatic carbocycles. The molecule has 1 saturated carbocycles. The molecule has 118 valence electrons. The van der Waals surface area contributed by atoms with Crippen LogP contribution < -0.4 is 11.1 Å². The number of likely N-dealkylation sites (N-methyl/N-ethyl adjacent to an activating group) is 1. The zero-order valence-corrected chi connectivity index (χ0v) is 13.4. The Morgan fingerprint density at radius 1 is 1.50 bits per heavy atom. The van der Waals surface area contributed by atoms with Crippen molar-refractivity contribution in [3.05, 3.63) is 0 Å². The summed E-state index contributed by atoms with van der Waals surface area (Å²) in [6.45, 7) is 11.7. The van der Waals surface area contributed by atoms with Crippen LogP contribution in [0.25, 0.3) is 0 Å². The smallest absolute Gasteiger partial charge is 0.237 e. The van der Waals surface area contributed by atoms with Gasteiger partial charge in [0.05, 0.1) is 12.1 Å². The highest BCUT2D eigenvalue weighted by Gasteiger charge is 2.45. The number of nitrogens with zero attached hydrogens (tertiary/aromatic N) is 1. The Hall–Kier alpha value is -0.650. The van der Waals surface area contributed by atoms with Crippen molar-refractivity contribution < 1.29 is 9.53 Å². The third-order valence-electron chi connectivity index (χ3n) is 4.17. The summed E-state index contributed by atoms with van der Waals surface area (Å²) in [7, 11) is 0. The fraction of sp³-hybridized carbons (Fsp3) is 0.933. The minimum Gasteiger partial charge on any atom is -0.380 e. The van der Waals surface area contributed by atoms with Gasteiger partial charge in [0.2, 0.25) is 5.91 Å². The van der Waals surface area contributed by atoms with Crippen molar-refractivity contribution in [3.8, 4) is 0 Å². The van der Waals surface area contributed by atoms with E-state index in [2.05, 4.69) is 31.0 Å². The zero-order valence-electron chi connectivity index (χ0n) is 13.4. The molecule has 0 saturated heterocycles. The largest absolute Gasteiger partial charge is 0.380 e. The van der Waals surface area contributed by atoms with Gasteiger partial charge < -0.3 is 15.8 Å². The Labute approximate surface area is 123 Å². The van der Waals surface area contributed by atoms with Gasteiger partial charge in [-0.15, -0.1) is 0 Å². The lowest BCUT2D eigenvalue weighted by molar-refractivity contribution is -0.124. The summed E-state index contributed by atoms with van der Waals surface area (Å²) in [5.74, 6) is -0.213. The van der Waals surface area contributed by atoms with Gasteiger partial charge in [0.15, 0.2) is 0 Å². The van der Waals surface area contributed by atoms with Gasteiger partial charge in [0, 0.05) is 25.2 Å². The zero-order chi connectivity index (χ0) is 15.2. The van der Waals surface area contributed by atoms with Crippen LogP contribution in [0.2, 0.25) is 0 Å². The van der Waals surface area contributed by atoms with Crippen LogP contribution >= 0.6 is 0 Å². The first kappa shape index (κ1) is 17.4. The minimum absolute atomic E-state index is 0.213. The summed E-state index contributed by atoms with van der Waals surface area (Å²) in [6, 6.07) is 0.680. The van der Waals surface area contributed by atoms with Gasteiger partial charge in [-0.1, -0.05) is 6.92 Å². The van der Waals surface area contributed by atoms with Crippen LogP contribution in [0.15, 0.2) is 0 Å². The van der Waals surface area contributed by atoms with Crippen molar-refractivity contribution in [1.29, 1.82) is 0 Å². The molecule has 5 nitrogen and oxygen atoms in total. The number of rotatable bonds is 9. The fourth-order valence-corrected chi connectivity index (χ4v) is 3.23. The van der Waals surface area contributed by atoms with Gasteiger partial charge >= 0.3 is 0 Å². The van der Waals surface area contributed by atoms with Gasteiger partial charge in [-0.05, 0) is 46.6 Å². The maximum Gasteiger partial charge on any atom is 0.237 e. The van der Waals surface area contributed by atoms with Crippen molar-refractivity contribution in [2.45, 2.75) is 64.6 Å². The Morgan fingerprint density at radius 2 is 2.20 bits per heavy atom. The van der Waals surface area contributed by atoms with Crippen LogP contribution in [-0.4, -0.2) is 54.7 Å². The fourth-order valence-electron chi connectivity index (χ4n) is 3.23. The van der Waals surface area contributed by atoms with Crippen molar-refractivity contribution in [1.82, 2.24) is 10.2 Å². The maximum atomic E-state index is 11.9. The lowest BCUT2D eigenvalue weighted by atomic mass is 9.95. The number of primary amides is 1. The first-order chi connectivity index (χ1) is 9.45. The maximum absolute atomic E-state index is 11.9. The molecule has 1 aliphatic rings. The summed E-state index contributed by atoms with van der Waals surface area (Å²) < 4.78 is 5.44. The molecule has 5 heteroatoms. The second-order valence-corrected chi connectivity index (χ2v) is 5.97. The van der Waals surface area contributed by atoms with Crippen LogP contribution in [-0.2, 0) is 9.53 Å². The molecule has 2 unspecified atom stereocenters. The van der Waals surface area contributed by atoms with E-state index in [4.69, 9.17) is 10.5 Å². The average molecular weight is 285 g/mol. The van der Waals surface area contributed by atoms with Crippen molar-refractivity contribution in [2.24, 2.45) is 5.73 Å². The van der Waals surface area contributed by atoms with Gasteiger partial charge in [-0.3, -0.25) is 9.69 Å². The van der Waals surface area contributed by atoms with E-state index in [1.165, 1.54) is 0 Å². The highest BCUT2D eigenvalue weighted by atomic mass is 16.5. The van der Waals surface area contributed by atoms with E-state index in [9.17, 15) is 4.79 Å². The molecule has 1 amide bonds. The highest BCUT2D eigenvalue weighted by molar-refractivity contribution is 5.85. The molecule has 0 aliphatic heterocycles. The number of carbonyl (C=O) groups is 1. The monoisotopic (exact) mass is 285 g/mol. The third-order valence-corrected chi connectivity index (χ3v) is 4.17. The van der Waals surface area contributed by atoms with Crippen LogP contribution in [0.3, 0.4) is 0 Å². The molecule has 2 atom stereocenters. The normalized spacial score (nSPS) is 26.6. The Morgan fingerprint density at radius 3 is 2.70 bits per heavy atom. The molecule has 0 heterocycles. The molecule has 1 rings (SSSR count). The Balaban J connectivity index is 2.63. The average Bonchev–Trinajstić information content (AvgIpc) is 2.79. The number of ether oxygens (including phenoxy) is 1. The number of hydrogen-bond acceptors (Lipinski definition) is 4. The number of hydrogen-bond donors (Lipinski definition) is 2. The van der Waals surface area contributed by atoms with Crippen molar-refractivity contribution in [2.75, 3.05) is 26.3 Å². The minimum atomic E-state index is -0.530. The quantitative estimate of drug-likeness (QED) is 0.623. The van der Waals surface area contributed by atoms with Crippen molar-refractivity contribution >= 4 is 5.91 Å². The lowest BCUT2D eigenvalue weighted by Crippen LogP contribution is -2.56. The lowest BCUT2D eigenvalue weighted by Gasteiger charge is -2.32. The molecule has 3 N–H and O–H groups in total. The Bertz CT molecular complexity index is 309. The van der Waals surface area contributed by atoms with E-state index in [-0.39, 0.29) is 11.9 Å². The SMILES string of the molecule is CCOCCN(CC)C1CCC(NC(C)C)(C(N)=O)C1. The van der Waals surface area contributed by atoms with E-state index >= 15 is 0 Å². The van der Waals surface area contributed by atoms with Gasteiger partial charge in [-0.2, -0.15) is 0 Å². The van der Waals surface area contributed by atoms with Gasteiger partial charge in [0.1, 0.15) is 0 Å². The summed E-state index contributed by atoms with van der Waals surface area (Å²) >= 11 is 0. The molecule has 0 bridgehead atoms. The molecule has 1 aliphatic carbocycles. The molecular formula is C15H31N3O2. The number of nitrogens with two attached hydrogens (primary N) is 1. The van der Waals surface area contributed by atoms with E-state index in [0.29, 0.717) is 6.04 Å². The summed E-state index contributed by atoms with van der Waals surface area (Å²) in [4.78, 5) is 14.3. The predicted molar refractivity (Wildman–Crippen MR) is 81.6 cm³/mol. The number of amides is 1. The van der Waals surface area contributed by atoms with E-state index in [1.54, 1.807) is 0 Å². The van der Waals surface area contributed by atoms with Crippen LogP contribution in [0.5, 0.6) is 0 Å². The molecule has 20 heavy (non-hydrogen) atoms. The summed E-state index contributed by atoms with van der Waals surface area (Å²) in [5.41, 5.74) is 5.13. The second kappa shape index (κ2) is 7.96. The molecule has 0 spiro atoms. The third kappa shape index (κ3) is 4.43. The topological polar surface area (TPSA) is 67.6 Å². The summed E-state index contributed by atoms with van der Waals surface area (Å²) in [5, 5.41) is 3.40. The number of carbonyl (C=O) groups excluding carboxylic acids is 1. The molecule has 0 aromatic heterocycles. The highest BCUT2D eigenvalue weighted by Crippen LogP contribution is 2.33. The standard InChI is InChI=1S/C15H31N3O2/c1-5-18(9-10-20-6-2)13-7-8-15(11-13,14(16)19)17-12(3)4/h12-13,17H,5-11H2,1-4H3,(H2,16,19). The second-order valence-electron chi connectivity index (χ2n) is 5.97.